The molecule has 1 aliphatic heterocycles. The van der Waals surface area contributed by atoms with Crippen LogP contribution < -0.4 is 15.4 Å². The van der Waals surface area contributed by atoms with Crippen molar-refractivity contribution in [2.45, 2.75) is 6.42 Å². The molecule has 2 N–H and O–H groups in total. The zero-order chi connectivity index (χ0) is 16.8. The van der Waals surface area contributed by atoms with Gasteiger partial charge in [-0.1, -0.05) is 23.8 Å². The highest BCUT2D eigenvalue weighted by molar-refractivity contribution is 5.95. The molecule has 3 rings (SSSR count). The Morgan fingerprint density at radius 2 is 2.08 bits per heavy atom. The number of methoxy groups -OCH3 is 1. The molecule has 0 atom stereocenters. The fourth-order valence-corrected chi connectivity index (χ4v) is 2.63. The molecule has 24 heavy (non-hydrogen) atoms. The van der Waals surface area contributed by atoms with Gasteiger partial charge >= 0.3 is 0 Å². The quantitative estimate of drug-likeness (QED) is 0.830. The van der Waals surface area contributed by atoms with Crippen LogP contribution in [0.25, 0.3) is 11.1 Å². The molecule has 1 aliphatic rings. The van der Waals surface area contributed by atoms with Crippen molar-refractivity contribution in [2.75, 3.05) is 26.7 Å². The molecule has 1 aromatic heterocycles. The Kier molecular flexibility index (Phi) is 5.23. The minimum absolute atomic E-state index is 0.0997. The van der Waals surface area contributed by atoms with Gasteiger partial charge in [-0.3, -0.25) is 9.78 Å². The summed E-state index contributed by atoms with van der Waals surface area (Å²) in [6.07, 6.45) is 6.47. The van der Waals surface area contributed by atoms with E-state index in [4.69, 9.17) is 4.74 Å². The van der Waals surface area contributed by atoms with E-state index in [0.717, 1.165) is 36.4 Å². The Morgan fingerprint density at radius 1 is 1.25 bits per heavy atom. The number of carbonyl (C=O) groups is 1. The molecule has 0 saturated heterocycles. The van der Waals surface area contributed by atoms with E-state index in [1.54, 1.807) is 19.5 Å². The van der Waals surface area contributed by atoms with E-state index in [1.807, 2.05) is 30.3 Å². The van der Waals surface area contributed by atoms with E-state index in [0.29, 0.717) is 12.1 Å². The number of benzene rings is 1. The van der Waals surface area contributed by atoms with Gasteiger partial charge in [0, 0.05) is 31.0 Å². The van der Waals surface area contributed by atoms with Gasteiger partial charge < -0.3 is 15.4 Å². The van der Waals surface area contributed by atoms with Gasteiger partial charge in [-0.05, 0) is 36.7 Å². The van der Waals surface area contributed by atoms with Gasteiger partial charge in [0.2, 0.25) is 0 Å². The third-order valence-corrected chi connectivity index (χ3v) is 4.06. The predicted molar refractivity (Wildman–Crippen MR) is 94.1 cm³/mol. The molecule has 0 saturated carbocycles. The minimum atomic E-state index is -0.0997. The number of amides is 1. The Balaban J connectivity index is 1.69. The van der Waals surface area contributed by atoms with Crippen LogP contribution in [0.5, 0.6) is 5.75 Å². The lowest BCUT2D eigenvalue weighted by Gasteiger charge is -2.14. The van der Waals surface area contributed by atoms with Crippen molar-refractivity contribution >= 4 is 5.91 Å². The van der Waals surface area contributed by atoms with Crippen molar-refractivity contribution in [1.82, 2.24) is 15.6 Å². The summed E-state index contributed by atoms with van der Waals surface area (Å²) in [7, 11) is 1.64. The number of nitrogens with zero attached hydrogens (tertiary/aromatic N) is 1. The topological polar surface area (TPSA) is 63.2 Å². The average Bonchev–Trinajstić information content (AvgIpc) is 2.67. The lowest BCUT2D eigenvalue weighted by atomic mass is 10.1. The Hall–Kier alpha value is -2.66. The van der Waals surface area contributed by atoms with E-state index in [2.05, 4.69) is 21.7 Å². The SMILES string of the molecule is COc1ccc(-c2cncc(C(=O)NCC3=CCNCC3)c2)cc1. The number of nitrogens with one attached hydrogen (secondary N) is 2. The fourth-order valence-electron chi connectivity index (χ4n) is 2.63. The predicted octanol–water partition coefficient (Wildman–Crippen LogP) is 2.41. The lowest BCUT2D eigenvalue weighted by Crippen LogP contribution is -2.29. The summed E-state index contributed by atoms with van der Waals surface area (Å²) in [4.78, 5) is 16.6. The van der Waals surface area contributed by atoms with Gasteiger partial charge in [0.15, 0.2) is 0 Å². The van der Waals surface area contributed by atoms with Crippen LogP contribution in [0.3, 0.4) is 0 Å². The van der Waals surface area contributed by atoms with Gasteiger partial charge in [0.05, 0.1) is 12.7 Å². The Morgan fingerprint density at radius 3 is 2.79 bits per heavy atom. The largest absolute Gasteiger partial charge is 0.497 e. The molecule has 5 nitrogen and oxygen atoms in total. The van der Waals surface area contributed by atoms with Crippen LogP contribution in [-0.4, -0.2) is 37.6 Å². The van der Waals surface area contributed by atoms with Gasteiger partial charge in [0.1, 0.15) is 5.75 Å². The maximum absolute atomic E-state index is 12.4. The molecule has 2 aromatic rings. The maximum Gasteiger partial charge on any atom is 0.253 e. The number of ether oxygens (including phenoxy) is 1. The van der Waals surface area contributed by atoms with Crippen molar-refractivity contribution in [3.8, 4) is 16.9 Å². The lowest BCUT2D eigenvalue weighted by molar-refractivity contribution is 0.0956. The van der Waals surface area contributed by atoms with E-state index < -0.39 is 0 Å². The molecule has 0 fully saturated rings. The molecule has 124 valence electrons. The van der Waals surface area contributed by atoms with Crippen LogP contribution >= 0.6 is 0 Å². The molecule has 0 unspecified atom stereocenters. The van der Waals surface area contributed by atoms with Crippen LogP contribution in [0.2, 0.25) is 0 Å². The van der Waals surface area contributed by atoms with Crippen LogP contribution in [0.15, 0.2) is 54.4 Å². The van der Waals surface area contributed by atoms with Crippen LogP contribution in [0.1, 0.15) is 16.8 Å². The molecule has 1 amide bonds. The highest BCUT2D eigenvalue weighted by atomic mass is 16.5. The summed E-state index contributed by atoms with van der Waals surface area (Å²) < 4.78 is 5.17. The molecule has 0 bridgehead atoms. The summed E-state index contributed by atoms with van der Waals surface area (Å²) in [6.45, 7) is 2.43. The van der Waals surface area contributed by atoms with Gasteiger partial charge in [0.25, 0.3) is 5.91 Å². The molecule has 5 heteroatoms. The van der Waals surface area contributed by atoms with Crippen LogP contribution in [0, 0.1) is 0 Å². The number of aromatic nitrogens is 1. The highest BCUT2D eigenvalue weighted by Gasteiger charge is 2.10. The fraction of sp³-hybridized carbons (Fsp3) is 0.263. The van der Waals surface area contributed by atoms with Gasteiger partial charge in [-0.15, -0.1) is 0 Å². The Bertz CT molecular complexity index is 739. The summed E-state index contributed by atoms with van der Waals surface area (Å²) in [6, 6.07) is 9.56. The summed E-state index contributed by atoms with van der Waals surface area (Å²) >= 11 is 0. The van der Waals surface area contributed by atoms with Crippen molar-refractivity contribution in [1.29, 1.82) is 0 Å². The van der Waals surface area contributed by atoms with E-state index in [1.165, 1.54) is 5.57 Å². The first-order valence-electron chi connectivity index (χ1n) is 8.02. The normalized spacial score (nSPS) is 14.0. The first-order chi connectivity index (χ1) is 11.8. The average molecular weight is 323 g/mol. The zero-order valence-electron chi connectivity index (χ0n) is 13.7. The second-order valence-electron chi connectivity index (χ2n) is 5.69. The summed E-state index contributed by atoms with van der Waals surface area (Å²) in [5.74, 6) is 0.702. The first kappa shape index (κ1) is 16.2. The van der Waals surface area contributed by atoms with Crippen LogP contribution in [0.4, 0.5) is 0 Å². The number of carbonyl (C=O) groups excluding carboxylic acids is 1. The molecular weight excluding hydrogens is 302 g/mol. The maximum atomic E-state index is 12.4. The first-order valence-corrected chi connectivity index (χ1v) is 8.02. The standard InChI is InChI=1S/C19H21N3O2/c1-24-18-4-2-15(3-5-18)16-10-17(13-21-12-16)19(23)22-11-14-6-8-20-9-7-14/h2-6,10,12-13,20H,7-9,11H2,1H3,(H,22,23). The monoisotopic (exact) mass is 323 g/mol. The van der Waals surface area contributed by atoms with Crippen molar-refractivity contribution in [2.24, 2.45) is 0 Å². The molecule has 1 aromatic carbocycles. The van der Waals surface area contributed by atoms with Gasteiger partial charge in [-0.2, -0.15) is 0 Å². The molecule has 0 radical (unpaired) electrons. The number of pyridine rings is 1. The third-order valence-electron chi connectivity index (χ3n) is 4.06. The minimum Gasteiger partial charge on any atom is -0.497 e. The zero-order valence-corrected chi connectivity index (χ0v) is 13.7. The van der Waals surface area contributed by atoms with Crippen molar-refractivity contribution in [3.05, 3.63) is 59.9 Å². The Labute approximate surface area is 141 Å². The summed E-state index contributed by atoms with van der Waals surface area (Å²) in [5.41, 5.74) is 3.74. The number of hydrogen-bond acceptors (Lipinski definition) is 4. The third kappa shape index (κ3) is 4.00. The summed E-state index contributed by atoms with van der Waals surface area (Å²) in [5, 5.41) is 6.23. The van der Waals surface area contributed by atoms with Crippen molar-refractivity contribution < 1.29 is 9.53 Å². The second-order valence-corrected chi connectivity index (χ2v) is 5.69. The van der Waals surface area contributed by atoms with E-state index in [-0.39, 0.29) is 5.91 Å². The van der Waals surface area contributed by atoms with Crippen molar-refractivity contribution in [3.63, 3.8) is 0 Å². The van der Waals surface area contributed by atoms with Crippen LogP contribution in [-0.2, 0) is 0 Å². The highest BCUT2D eigenvalue weighted by Crippen LogP contribution is 2.22. The van der Waals surface area contributed by atoms with Gasteiger partial charge in [-0.25, -0.2) is 0 Å². The smallest absolute Gasteiger partial charge is 0.253 e. The number of hydrogen-bond donors (Lipinski definition) is 2. The van der Waals surface area contributed by atoms with E-state index in [9.17, 15) is 4.79 Å². The molecule has 2 heterocycles. The molecule has 0 aliphatic carbocycles. The second kappa shape index (κ2) is 7.75. The molecular formula is C19H21N3O2. The van der Waals surface area contributed by atoms with E-state index >= 15 is 0 Å². The molecule has 0 spiro atoms. The number of rotatable bonds is 5.